The fourth-order valence-electron chi connectivity index (χ4n) is 2.91. The molecule has 0 N–H and O–H groups in total. The van der Waals surface area contributed by atoms with Crippen molar-refractivity contribution >= 4 is 26.3 Å². The van der Waals surface area contributed by atoms with Gasteiger partial charge in [-0.05, 0) is 80.5 Å². The molecular formula is C33H39BO9. The summed E-state index contributed by atoms with van der Waals surface area (Å²) in [5, 5.41) is 33.7. The number of rotatable bonds is 3. The largest absolute Gasteiger partial charge is 3.00 e. The van der Waals surface area contributed by atoms with Crippen LogP contribution in [0.3, 0.4) is 0 Å². The molecule has 0 radical (unpaired) electrons. The van der Waals surface area contributed by atoms with E-state index < -0.39 is 34.7 Å². The summed E-state index contributed by atoms with van der Waals surface area (Å²) in [6, 6.07) is 18.1. The molecule has 43 heavy (non-hydrogen) atoms. The summed E-state index contributed by atoms with van der Waals surface area (Å²) >= 11 is 0. The van der Waals surface area contributed by atoms with Crippen LogP contribution in [0.15, 0.2) is 72.8 Å². The van der Waals surface area contributed by atoms with Gasteiger partial charge in [-0.2, -0.15) is 0 Å². The van der Waals surface area contributed by atoms with E-state index in [0.29, 0.717) is 0 Å². The Morgan fingerprint density at radius 3 is 0.791 bits per heavy atom. The van der Waals surface area contributed by atoms with Crippen molar-refractivity contribution in [1.29, 1.82) is 0 Å². The number of hydrogen-bond acceptors (Lipinski definition) is 9. The normalized spacial score (nSPS) is 10.8. The van der Waals surface area contributed by atoms with Gasteiger partial charge in [0.15, 0.2) is 0 Å². The van der Waals surface area contributed by atoms with Crippen molar-refractivity contribution < 1.29 is 43.9 Å². The van der Waals surface area contributed by atoms with Crippen molar-refractivity contribution in [3.8, 4) is 17.2 Å². The third-order valence-electron chi connectivity index (χ3n) is 4.52. The monoisotopic (exact) mass is 590 g/mol. The van der Waals surface area contributed by atoms with Crippen molar-refractivity contribution in [2.45, 2.75) is 79.1 Å². The predicted octanol–water partition coefficient (Wildman–Crippen LogP) is 4.77. The summed E-state index contributed by atoms with van der Waals surface area (Å²) in [4.78, 5) is 34.4. The maximum Gasteiger partial charge on any atom is 3.00 e. The standard InChI is InChI=1S/3C11H14O3.B/c3*1-11(2,3)14-10(13)8-6-4-5-7-9(8)12;/h3*4-7,12H,1-3H3;/q;;;+3/p-3. The van der Waals surface area contributed by atoms with Gasteiger partial charge in [-0.15, -0.1) is 0 Å². The number of ether oxygens (including phenoxy) is 3. The zero-order chi connectivity index (χ0) is 32.3. The second-order valence-electron chi connectivity index (χ2n) is 12.0. The van der Waals surface area contributed by atoms with Crippen LogP contribution in [0.1, 0.15) is 93.4 Å². The zero-order valence-electron chi connectivity index (χ0n) is 26.2. The van der Waals surface area contributed by atoms with Gasteiger partial charge in [0.05, 0.1) is 16.7 Å². The van der Waals surface area contributed by atoms with E-state index in [-0.39, 0.29) is 42.4 Å². The summed E-state index contributed by atoms with van der Waals surface area (Å²) in [5.41, 5.74) is -1.45. The first-order chi connectivity index (χ1) is 19.2. The third-order valence-corrected chi connectivity index (χ3v) is 4.52. The first kappa shape index (κ1) is 38.5. The Morgan fingerprint density at radius 1 is 0.442 bits per heavy atom. The van der Waals surface area contributed by atoms with Crippen molar-refractivity contribution in [3.63, 3.8) is 0 Å². The molecule has 0 aliphatic carbocycles. The van der Waals surface area contributed by atoms with Gasteiger partial charge in [0.2, 0.25) is 0 Å². The van der Waals surface area contributed by atoms with E-state index in [1.807, 2.05) is 0 Å². The van der Waals surface area contributed by atoms with Crippen molar-refractivity contribution in [2.24, 2.45) is 0 Å². The molecule has 0 aliphatic rings. The minimum atomic E-state index is -0.570. The molecule has 10 heteroatoms. The Bertz CT molecular complexity index is 1180. The summed E-state index contributed by atoms with van der Waals surface area (Å²) < 4.78 is 15.2. The van der Waals surface area contributed by atoms with Crippen LogP contribution in [-0.4, -0.2) is 43.1 Å². The Balaban J connectivity index is 0.000000608. The van der Waals surface area contributed by atoms with Crippen LogP contribution in [-0.2, 0) is 14.2 Å². The summed E-state index contributed by atoms with van der Waals surface area (Å²) in [5.74, 6) is -2.61. The van der Waals surface area contributed by atoms with Crippen molar-refractivity contribution in [3.05, 3.63) is 89.5 Å². The van der Waals surface area contributed by atoms with Crippen LogP contribution in [0.4, 0.5) is 0 Å². The average molecular weight is 590 g/mol. The van der Waals surface area contributed by atoms with Crippen LogP contribution in [0, 0.1) is 0 Å². The molecule has 0 amide bonds. The number of carbonyl (C=O) groups is 3. The first-order valence-corrected chi connectivity index (χ1v) is 13.2. The molecule has 3 rings (SSSR count). The van der Waals surface area contributed by atoms with Crippen LogP contribution < -0.4 is 15.3 Å². The predicted molar refractivity (Wildman–Crippen MR) is 159 cm³/mol. The molecule has 0 heterocycles. The molecule has 0 atom stereocenters. The van der Waals surface area contributed by atoms with E-state index in [9.17, 15) is 29.7 Å². The van der Waals surface area contributed by atoms with Crippen molar-refractivity contribution in [1.82, 2.24) is 0 Å². The summed E-state index contributed by atoms with van der Waals surface area (Å²) in [6.45, 7) is 15.9. The van der Waals surface area contributed by atoms with Gasteiger partial charge in [0.25, 0.3) is 0 Å². The topological polar surface area (TPSA) is 148 Å². The van der Waals surface area contributed by atoms with Crippen molar-refractivity contribution in [2.75, 3.05) is 0 Å². The van der Waals surface area contributed by atoms with E-state index in [0.717, 1.165) is 0 Å². The quantitative estimate of drug-likeness (QED) is 0.239. The van der Waals surface area contributed by atoms with Gasteiger partial charge in [0.1, 0.15) is 16.8 Å². The second-order valence-corrected chi connectivity index (χ2v) is 12.0. The molecule has 228 valence electrons. The molecule has 0 aromatic heterocycles. The summed E-state index contributed by atoms with van der Waals surface area (Å²) in [7, 11) is 0. The van der Waals surface area contributed by atoms with E-state index in [1.165, 1.54) is 36.4 Å². The molecule has 3 aromatic carbocycles. The number of carbonyl (C=O) groups excluding carboxylic acids is 3. The van der Waals surface area contributed by atoms with Crippen LogP contribution in [0.25, 0.3) is 0 Å². The number of benzene rings is 3. The average Bonchev–Trinajstić information content (AvgIpc) is 2.82. The molecular weight excluding hydrogens is 551 g/mol. The summed E-state index contributed by atoms with van der Waals surface area (Å²) in [6.07, 6.45) is 0. The van der Waals surface area contributed by atoms with Gasteiger partial charge in [-0.25, -0.2) is 14.4 Å². The molecule has 0 saturated heterocycles. The van der Waals surface area contributed by atoms with Crippen LogP contribution in [0.2, 0.25) is 0 Å². The maximum absolute atomic E-state index is 11.5. The SMILES string of the molecule is CC(C)(C)OC(=O)c1ccccc1[O-].CC(C)(C)OC(=O)c1ccccc1[O-].CC(C)(C)OC(=O)c1ccccc1[O-].[B+3]. The number of para-hydroxylation sites is 3. The molecule has 0 spiro atoms. The molecule has 3 aromatic rings. The fraction of sp³-hybridized carbons (Fsp3) is 0.364. The van der Waals surface area contributed by atoms with Gasteiger partial charge < -0.3 is 29.5 Å². The van der Waals surface area contributed by atoms with Crippen LogP contribution >= 0.6 is 0 Å². The second kappa shape index (κ2) is 16.2. The smallest absolute Gasteiger partial charge is 0.872 e. The van der Waals surface area contributed by atoms with E-state index in [1.54, 1.807) is 98.7 Å². The van der Waals surface area contributed by atoms with E-state index in [2.05, 4.69) is 0 Å². The minimum absolute atomic E-state index is 0. The van der Waals surface area contributed by atoms with Gasteiger partial charge >= 0.3 is 26.3 Å². The molecule has 0 aliphatic heterocycles. The maximum atomic E-state index is 11.5. The minimum Gasteiger partial charge on any atom is -0.872 e. The molecule has 0 unspecified atom stereocenters. The third kappa shape index (κ3) is 15.4. The van der Waals surface area contributed by atoms with E-state index >= 15 is 0 Å². The zero-order valence-corrected chi connectivity index (χ0v) is 26.2. The Labute approximate surface area is 256 Å². The molecule has 0 saturated carbocycles. The van der Waals surface area contributed by atoms with E-state index in [4.69, 9.17) is 14.2 Å². The Kier molecular flexibility index (Phi) is 14.6. The first-order valence-electron chi connectivity index (χ1n) is 13.2. The fourth-order valence-corrected chi connectivity index (χ4v) is 2.91. The molecule has 0 fully saturated rings. The molecule has 0 bridgehead atoms. The number of esters is 3. The Morgan fingerprint density at radius 2 is 0.628 bits per heavy atom. The van der Waals surface area contributed by atoms with Gasteiger partial charge in [-0.1, -0.05) is 71.8 Å². The Hall–Kier alpha value is -4.47. The number of hydrogen-bond donors (Lipinski definition) is 0. The van der Waals surface area contributed by atoms with Gasteiger partial charge in [0, 0.05) is 0 Å². The van der Waals surface area contributed by atoms with Gasteiger partial charge in [-0.3, -0.25) is 0 Å². The van der Waals surface area contributed by atoms with Crippen LogP contribution in [0.5, 0.6) is 17.2 Å². The molecule has 9 nitrogen and oxygen atoms in total.